The summed E-state index contributed by atoms with van der Waals surface area (Å²) in [5.41, 5.74) is 0.299. The number of carboxylic acids is 1. The van der Waals surface area contributed by atoms with Gasteiger partial charge in [0.1, 0.15) is 0 Å². The molecule has 1 amide bonds. The summed E-state index contributed by atoms with van der Waals surface area (Å²) in [5, 5.41) is 11.7. The van der Waals surface area contributed by atoms with E-state index in [0.29, 0.717) is 5.41 Å². The van der Waals surface area contributed by atoms with Crippen molar-refractivity contribution in [2.24, 2.45) is 23.2 Å². The third kappa shape index (κ3) is 2.57. The highest BCUT2D eigenvalue weighted by atomic mass is 16.4. The van der Waals surface area contributed by atoms with E-state index in [4.69, 9.17) is 5.11 Å². The van der Waals surface area contributed by atoms with Crippen molar-refractivity contribution in [1.82, 2.24) is 5.32 Å². The average Bonchev–Trinajstić information content (AvgIpc) is 2.34. The second-order valence-corrected chi connectivity index (χ2v) is 7.46. The van der Waals surface area contributed by atoms with Gasteiger partial charge in [0.25, 0.3) is 0 Å². The molecule has 0 saturated heterocycles. The Balaban J connectivity index is 1.60. The minimum atomic E-state index is -0.900. The molecule has 2 N–H and O–H groups in total. The van der Waals surface area contributed by atoms with Crippen molar-refractivity contribution >= 4 is 11.9 Å². The first kappa shape index (κ1) is 13.9. The van der Waals surface area contributed by atoms with E-state index in [9.17, 15) is 9.59 Å². The third-order valence-corrected chi connectivity index (χ3v) is 5.95. The zero-order chi connectivity index (χ0) is 14.3. The lowest BCUT2D eigenvalue weighted by molar-refractivity contribution is -0.139. The van der Waals surface area contributed by atoms with Crippen molar-refractivity contribution in [2.45, 2.75) is 64.3 Å². The fourth-order valence-corrected chi connectivity index (χ4v) is 5.40. The highest BCUT2D eigenvalue weighted by Gasteiger charge is 2.53. The zero-order valence-electron chi connectivity index (χ0n) is 12.2. The molecule has 1 unspecified atom stereocenters. The fourth-order valence-electron chi connectivity index (χ4n) is 5.40. The largest absolute Gasteiger partial charge is 0.481 e. The maximum absolute atomic E-state index is 11.9. The fraction of sp³-hybridized carbons (Fsp3) is 0.875. The van der Waals surface area contributed by atoms with Gasteiger partial charge in [0, 0.05) is 12.5 Å². The van der Waals surface area contributed by atoms with Gasteiger partial charge in [0.2, 0.25) is 5.91 Å². The maximum Gasteiger partial charge on any atom is 0.303 e. The van der Waals surface area contributed by atoms with E-state index in [1.54, 1.807) is 0 Å². The van der Waals surface area contributed by atoms with Crippen LogP contribution in [-0.4, -0.2) is 23.0 Å². The Bertz CT molecular complexity index is 383. The van der Waals surface area contributed by atoms with Crippen molar-refractivity contribution in [1.29, 1.82) is 0 Å². The van der Waals surface area contributed by atoms with E-state index in [1.807, 2.05) is 0 Å². The SMILES string of the molecule is CC(NC(=O)CCC(=O)O)C12CC3CC(CC(C3)C1)C2. The smallest absolute Gasteiger partial charge is 0.303 e. The summed E-state index contributed by atoms with van der Waals surface area (Å²) in [6.45, 7) is 2.13. The van der Waals surface area contributed by atoms with Gasteiger partial charge in [-0.05, 0) is 68.6 Å². The molecule has 0 aliphatic heterocycles. The summed E-state index contributed by atoms with van der Waals surface area (Å²) >= 11 is 0. The topological polar surface area (TPSA) is 66.4 Å². The Morgan fingerprint density at radius 3 is 2.05 bits per heavy atom. The molecular formula is C16H25NO3. The van der Waals surface area contributed by atoms with Crippen LogP contribution in [0.1, 0.15) is 58.3 Å². The van der Waals surface area contributed by atoms with E-state index >= 15 is 0 Å². The summed E-state index contributed by atoms with van der Waals surface area (Å²) in [6, 6.07) is 0.192. The van der Waals surface area contributed by atoms with Crippen LogP contribution in [0, 0.1) is 23.2 Å². The molecule has 4 aliphatic carbocycles. The number of carboxylic acid groups (broad SMARTS) is 1. The van der Waals surface area contributed by atoms with Crippen molar-refractivity contribution in [3.8, 4) is 0 Å². The molecule has 4 bridgehead atoms. The lowest BCUT2D eigenvalue weighted by Crippen LogP contribution is -2.55. The van der Waals surface area contributed by atoms with Gasteiger partial charge in [-0.1, -0.05) is 0 Å². The minimum absolute atomic E-state index is 0.0700. The summed E-state index contributed by atoms with van der Waals surface area (Å²) < 4.78 is 0. The van der Waals surface area contributed by atoms with Gasteiger partial charge in [0.05, 0.1) is 6.42 Å². The van der Waals surface area contributed by atoms with Gasteiger partial charge >= 0.3 is 5.97 Å². The van der Waals surface area contributed by atoms with Crippen LogP contribution >= 0.6 is 0 Å². The molecule has 0 radical (unpaired) electrons. The van der Waals surface area contributed by atoms with Gasteiger partial charge in [0.15, 0.2) is 0 Å². The maximum atomic E-state index is 11.9. The van der Waals surface area contributed by atoms with Crippen molar-refractivity contribution < 1.29 is 14.7 Å². The normalized spacial score (nSPS) is 39.5. The Kier molecular flexibility index (Phi) is 3.51. The predicted molar refractivity (Wildman–Crippen MR) is 75.1 cm³/mol. The summed E-state index contributed by atoms with van der Waals surface area (Å²) in [5.74, 6) is 1.62. The van der Waals surface area contributed by atoms with Crippen LogP contribution in [0.5, 0.6) is 0 Å². The highest BCUT2D eigenvalue weighted by Crippen LogP contribution is 2.61. The number of amides is 1. The summed E-state index contributed by atoms with van der Waals surface area (Å²) in [6.07, 6.45) is 8.03. The second-order valence-electron chi connectivity index (χ2n) is 7.46. The second kappa shape index (κ2) is 5.05. The van der Waals surface area contributed by atoms with E-state index in [-0.39, 0.29) is 24.8 Å². The number of aliphatic carboxylic acids is 1. The minimum Gasteiger partial charge on any atom is -0.481 e. The molecule has 4 rings (SSSR count). The quantitative estimate of drug-likeness (QED) is 0.813. The Morgan fingerprint density at radius 1 is 1.10 bits per heavy atom. The van der Waals surface area contributed by atoms with Crippen molar-refractivity contribution in [2.75, 3.05) is 0 Å². The van der Waals surface area contributed by atoms with Crippen LogP contribution in [0.15, 0.2) is 0 Å². The first-order chi connectivity index (χ1) is 9.47. The number of hydrogen-bond donors (Lipinski definition) is 2. The molecule has 112 valence electrons. The highest BCUT2D eigenvalue weighted by molar-refractivity contribution is 5.80. The number of rotatable bonds is 5. The van der Waals surface area contributed by atoms with E-state index in [2.05, 4.69) is 12.2 Å². The van der Waals surface area contributed by atoms with Gasteiger partial charge in [-0.3, -0.25) is 9.59 Å². The lowest BCUT2D eigenvalue weighted by Gasteiger charge is -2.59. The van der Waals surface area contributed by atoms with Crippen LogP contribution < -0.4 is 5.32 Å². The molecule has 0 heterocycles. The molecule has 4 fully saturated rings. The molecule has 0 aromatic rings. The van der Waals surface area contributed by atoms with Crippen LogP contribution in [0.2, 0.25) is 0 Å². The average molecular weight is 279 g/mol. The zero-order valence-corrected chi connectivity index (χ0v) is 12.2. The molecular weight excluding hydrogens is 254 g/mol. The molecule has 4 aliphatic rings. The Hall–Kier alpha value is -1.06. The van der Waals surface area contributed by atoms with Crippen LogP contribution in [0.25, 0.3) is 0 Å². The van der Waals surface area contributed by atoms with Gasteiger partial charge in [-0.2, -0.15) is 0 Å². The molecule has 4 heteroatoms. The number of hydrogen-bond acceptors (Lipinski definition) is 2. The van der Waals surface area contributed by atoms with Crippen molar-refractivity contribution in [3.63, 3.8) is 0 Å². The van der Waals surface area contributed by atoms with Gasteiger partial charge < -0.3 is 10.4 Å². The van der Waals surface area contributed by atoms with Gasteiger partial charge in [-0.25, -0.2) is 0 Å². The summed E-state index contributed by atoms with van der Waals surface area (Å²) in [7, 11) is 0. The van der Waals surface area contributed by atoms with E-state index < -0.39 is 5.97 Å². The lowest BCUT2D eigenvalue weighted by atomic mass is 9.48. The van der Waals surface area contributed by atoms with E-state index in [0.717, 1.165) is 17.8 Å². The number of carbonyl (C=O) groups is 2. The molecule has 0 aromatic carbocycles. The molecule has 0 aromatic heterocycles. The third-order valence-electron chi connectivity index (χ3n) is 5.95. The van der Waals surface area contributed by atoms with Crippen LogP contribution in [-0.2, 0) is 9.59 Å². The Morgan fingerprint density at radius 2 is 1.60 bits per heavy atom. The molecule has 1 atom stereocenters. The number of carbonyl (C=O) groups excluding carboxylic acids is 1. The van der Waals surface area contributed by atoms with Crippen LogP contribution in [0.4, 0.5) is 0 Å². The standard InChI is InChI=1S/C16H25NO3/c1-10(17-14(18)2-3-15(19)20)16-7-11-4-12(8-16)6-13(5-11)9-16/h10-13H,2-9H2,1H3,(H,17,18)(H,19,20). The van der Waals surface area contributed by atoms with Crippen molar-refractivity contribution in [3.05, 3.63) is 0 Å². The number of nitrogens with one attached hydrogen (secondary N) is 1. The van der Waals surface area contributed by atoms with E-state index in [1.165, 1.54) is 38.5 Å². The first-order valence-electron chi connectivity index (χ1n) is 7.98. The Labute approximate surface area is 120 Å². The molecule has 0 spiro atoms. The predicted octanol–water partition coefficient (Wildman–Crippen LogP) is 2.57. The summed E-state index contributed by atoms with van der Waals surface area (Å²) in [4.78, 5) is 22.4. The molecule has 4 saturated carbocycles. The first-order valence-corrected chi connectivity index (χ1v) is 7.98. The van der Waals surface area contributed by atoms with Gasteiger partial charge in [-0.15, -0.1) is 0 Å². The van der Waals surface area contributed by atoms with Crippen LogP contribution in [0.3, 0.4) is 0 Å². The molecule has 20 heavy (non-hydrogen) atoms. The molecule has 4 nitrogen and oxygen atoms in total. The monoisotopic (exact) mass is 279 g/mol.